The van der Waals surface area contributed by atoms with Gasteiger partial charge in [-0.3, -0.25) is 0 Å². The molecule has 2 aromatic rings. The fraction of sp³-hybridized carbons (Fsp3) is 0.429. The highest BCUT2D eigenvalue weighted by molar-refractivity contribution is 7.89. The molecule has 0 spiro atoms. The first-order chi connectivity index (χ1) is 13.5. The lowest BCUT2D eigenvalue weighted by molar-refractivity contribution is 0.171. The van der Waals surface area contributed by atoms with E-state index >= 15 is 0 Å². The number of sulfonamides is 1. The lowest BCUT2D eigenvalue weighted by Crippen LogP contribution is -2.49. The monoisotopic (exact) mass is 400 g/mol. The quantitative estimate of drug-likeness (QED) is 0.792. The summed E-state index contributed by atoms with van der Waals surface area (Å²) in [4.78, 5) is 2.72. The average molecular weight is 401 g/mol. The van der Waals surface area contributed by atoms with E-state index in [0.717, 1.165) is 54.2 Å². The van der Waals surface area contributed by atoms with Crippen LogP contribution in [-0.4, -0.2) is 63.1 Å². The molecule has 0 N–H and O–H groups in total. The van der Waals surface area contributed by atoms with Gasteiger partial charge >= 0.3 is 0 Å². The molecule has 2 aromatic carbocycles. The molecular weight excluding hydrogens is 376 g/mol. The summed E-state index contributed by atoms with van der Waals surface area (Å²) >= 11 is 0. The number of benzene rings is 2. The molecule has 0 saturated carbocycles. The topological polar surface area (TPSA) is 59.1 Å². The summed E-state index contributed by atoms with van der Waals surface area (Å²) in [5.74, 6) is 1.49. The first-order valence-electron chi connectivity index (χ1n) is 9.77. The van der Waals surface area contributed by atoms with Crippen molar-refractivity contribution in [3.8, 4) is 22.6 Å². The van der Waals surface area contributed by atoms with Crippen molar-refractivity contribution in [2.24, 2.45) is 0 Å². The second-order valence-corrected chi connectivity index (χ2v) is 9.58. The number of fused-ring (bicyclic) bond motifs is 3. The highest BCUT2D eigenvalue weighted by Crippen LogP contribution is 2.36. The van der Waals surface area contributed by atoms with Crippen LogP contribution >= 0.6 is 0 Å². The lowest BCUT2D eigenvalue weighted by atomic mass is 10.0. The van der Waals surface area contributed by atoms with E-state index < -0.39 is 10.0 Å². The molecule has 148 valence electrons. The van der Waals surface area contributed by atoms with Crippen LogP contribution in [0.3, 0.4) is 0 Å². The van der Waals surface area contributed by atoms with Crippen LogP contribution in [0.1, 0.15) is 12.0 Å². The fourth-order valence-corrected chi connectivity index (χ4v) is 6.18. The maximum absolute atomic E-state index is 13.2. The van der Waals surface area contributed by atoms with Crippen molar-refractivity contribution in [1.29, 1.82) is 0 Å². The van der Waals surface area contributed by atoms with Crippen LogP contribution in [0.25, 0.3) is 11.1 Å². The van der Waals surface area contributed by atoms with Crippen molar-refractivity contribution < 1.29 is 17.9 Å². The van der Waals surface area contributed by atoms with Gasteiger partial charge in [0.1, 0.15) is 13.2 Å². The summed E-state index contributed by atoms with van der Waals surface area (Å²) in [6, 6.07) is 11.4. The zero-order chi connectivity index (χ0) is 19.3. The van der Waals surface area contributed by atoms with E-state index in [2.05, 4.69) is 4.90 Å². The van der Waals surface area contributed by atoms with Gasteiger partial charge in [0.15, 0.2) is 11.5 Å². The van der Waals surface area contributed by atoms with Gasteiger partial charge < -0.3 is 14.4 Å². The minimum absolute atomic E-state index is 0.108. The number of hydrogen-bond acceptors (Lipinski definition) is 5. The molecule has 0 aliphatic carbocycles. The first kappa shape index (κ1) is 18.0. The molecule has 0 aromatic heterocycles. The van der Waals surface area contributed by atoms with Crippen molar-refractivity contribution in [1.82, 2.24) is 9.21 Å². The van der Waals surface area contributed by atoms with Gasteiger partial charge in [-0.05, 0) is 60.8 Å². The van der Waals surface area contributed by atoms with Crippen LogP contribution < -0.4 is 9.47 Å². The summed E-state index contributed by atoms with van der Waals surface area (Å²) in [5, 5.41) is 0. The molecule has 2 atom stereocenters. The zero-order valence-electron chi connectivity index (χ0n) is 15.9. The van der Waals surface area contributed by atoms with Gasteiger partial charge in [0, 0.05) is 25.7 Å². The number of nitrogens with zero attached hydrogens (tertiary/aromatic N) is 2. The first-order valence-corrected chi connectivity index (χ1v) is 11.2. The smallest absolute Gasteiger partial charge is 0.243 e. The summed E-state index contributed by atoms with van der Waals surface area (Å²) in [6.07, 6.45) is 0.924. The van der Waals surface area contributed by atoms with Crippen LogP contribution in [0, 0.1) is 6.92 Å². The van der Waals surface area contributed by atoms with E-state index in [4.69, 9.17) is 9.47 Å². The molecule has 2 bridgehead atoms. The minimum Gasteiger partial charge on any atom is -0.486 e. The van der Waals surface area contributed by atoms with Gasteiger partial charge in [0.25, 0.3) is 0 Å². The minimum atomic E-state index is -3.47. The van der Waals surface area contributed by atoms with E-state index in [1.165, 1.54) is 0 Å². The number of aryl methyl sites for hydroxylation is 1. The van der Waals surface area contributed by atoms with Gasteiger partial charge in [-0.15, -0.1) is 0 Å². The molecule has 7 heteroatoms. The Morgan fingerprint density at radius 2 is 1.79 bits per heavy atom. The number of rotatable bonds is 3. The molecule has 0 radical (unpaired) electrons. The summed E-state index contributed by atoms with van der Waals surface area (Å²) in [5.41, 5.74) is 2.93. The molecule has 2 saturated heterocycles. The molecule has 2 fully saturated rings. The van der Waals surface area contributed by atoms with Crippen LogP contribution in [0.4, 0.5) is 0 Å². The van der Waals surface area contributed by atoms with Crippen molar-refractivity contribution >= 4 is 10.0 Å². The standard InChI is InChI=1S/C21H24N2O4S/c1-15-12-18(28(24,25)23-9-8-22-7-6-17(23)14-22)3-4-19(15)16-2-5-20-21(13-16)27-11-10-26-20/h2-5,12-13,17H,6-11,14H2,1H3. The van der Waals surface area contributed by atoms with E-state index in [1.807, 2.05) is 31.2 Å². The Kier molecular flexibility index (Phi) is 4.34. The molecule has 3 heterocycles. The van der Waals surface area contributed by atoms with Gasteiger partial charge in [-0.1, -0.05) is 12.1 Å². The third-order valence-electron chi connectivity index (χ3n) is 5.95. The van der Waals surface area contributed by atoms with E-state index in [0.29, 0.717) is 24.7 Å². The average Bonchev–Trinajstić information content (AvgIpc) is 3.07. The van der Waals surface area contributed by atoms with Gasteiger partial charge in [-0.25, -0.2) is 8.42 Å². The predicted octanol–water partition coefficient (Wildman–Crippen LogP) is 2.51. The van der Waals surface area contributed by atoms with Crippen molar-refractivity contribution in [2.75, 3.05) is 39.4 Å². The van der Waals surface area contributed by atoms with Crippen LogP contribution in [0.15, 0.2) is 41.3 Å². The summed E-state index contributed by atoms with van der Waals surface area (Å²) in [6.45, 7) is 6.32. The Hall–Kier alpha value is -2.09. The van der Waals surface area contributed by atoms with Crippen molar-refractivity contribution in [2.45, 2.75) is 24.3 Å². The lowest BCUT2D eigenvalue weighted by Gasteiger charge is -2.33. The third-order valence-corrected chi connectivity index (χ3v) is 7.90. The third kappa shape index (κ3) is 2.98. The maximum atomic E-state index is 13.2. The summed E-state index contributed by atoms with van der Waals surface area (Å²) < 4.78 is 39.4. The second-order valence-electron chi connectivity index (χ2n) is 7.69. The van der Waals surface area contributed by atoms with E-state index in [1.54, 1.807) is 16.4 Å². The van der Waals surface area contributed by atoms with Gasteiger partial charge in [-0.2, -0.15) is 4.31 Å². The Labute approximate surface area is 165 Å². The molecule has 3 aliphatic heterocycles. The maximum Gasteiger partial charge on any atom is 0.243 e. The Bertz CT molecular complexity index is 1020. The highest BCUT2D eigenvalue weighted by atomic mass is 32.2. The molecular formula is C21H24N2O4S. The Morgan fingerprint density at radius 1 is 0.964 bits per heavy atom. The Balaban J connectivity index is 1.46. The van der Waals surface area contributed by atoms with Gasteiger partial charge in [0.2, 0.25) is 10.0 Å². The predicted molar refractivity (Wildman–Crippen MR) is 106 cm³/mol. The number of ether oxygens (including phenoxy) is 2. The molecule has 28 heavy (non-hydrogen) atoms. The largest absolute Gasteiger partial charge is 0.486 e. The number of piperazine rings is 1. The summed E-state index contributed by atoms with van der Waals surface area (Å²) in [7, 11) is -3.47. The Morgan fingerprint density at radius 3 is 2.61 bits per heavy atom. The highest BCUT2D eigenvalue weighted by Gasteiger charge is 2.39. The zero-order valence-corrected chi connectivity index (χ0v) is 16.7. The van der Waals surface area contributed by atoms with Crippen molar-refractivity contribution in [3.63, 3.8) is 0 Å². The molecule has 3 aliphatic rings. The van der Waals surface area contributed by atoms with Crippen molar-refractivity contribution in [3.05, 3.63) is 42.0 Å². The molecule has 6 nitrogen and oxygen atoms in total. The van der Waals surface area contributed by atoms with Crippen LogP contribution in [-0.2, 0) is 10.0 Å². The fourth-order valence-electron chi connectivity index (χ4n) is 4.46. The number of hydrogen-bond donors (Lipinski definition) is 0. The van der Waals surface area contributed by atoms with Gasteiger partial charge in [0.05, 0.1) is 4.90 Å². The van der Waals surface area contributed by atoms with E-state index in [-0.39, 0.29) is 6.04 Å². The molecule has 5 rings (SSSR count). The second kappa shape index (κ2) is 6.76. The SMILES string of the molecule is Cc1cc(S(=O)(=O)N2CCN3CCC2C3)ccc1-c1ccc2c(c1)OCCO2. The molecule has 0 amide bonds. The van der Waals surface area contributed by atoms with E-state index in [9.17, 15) is 8.42 Å². The van der Waals surface area contributed by atoms with Crippen LogP contribution in [0.5, 0.6) is 11.5 Å². The molecule has 2 unspecified atom stereocenters. The van der Waals surface area contributed by atoms with Crippen LogP contribution in [0.2, 0.25) is 0 Å². The normalized spacial score (nSPS) is 24.3.